The van der Waals surface area contributed by atoms with Gasteiger partial charge in [0.05, 0.1) is 19.1 Å². The van der Waals surface area contributed by atoms with Crippen molar-refractivity contribution in [3.63, 3.8) is 0 Å². The van der Waals surface area contributed by atoms with Crippen LogP contribution in [0.1, 0.15) is 17.2 Å². The molecule has 1 atom stereocenters. The molecule has 1 aliphatic rings. The van der Waals surface area contributed by atoms with E-state index in [2.05, 4.69) is 29.6 Å². The monoisotopic (exact) mass is 307 g/mol. The van der Waals surface area contributed by atoms with Gasteiger partial charge in [0.2, 0.25) is 11.8 Å². The number of benzene rings is 1. The Hall–Kier alpha value is -1.53. The Morgan fingerprint density at radius 2 is 2.10 bits per heavy atom. The van der Waals surface area contributed by atoms with Crippen LogP contribution in [-0.4, -0.2) is 47.9 Å². The molecule has 114 valence electrons. The van der Waals surface area contributed by atoms with Crippen LogP contribution in [0.3, 0.4) is 0 Å². The predicted molar refractivity (Wildman–Crippen MR) is 85.0 cm³/mol. The molecule has 0 saturated carbocycles. The van der Waals surface area contributed by atoms with E-state index in [0.29, 0.717) is 6.54 Å². The molecular weight excluding hydrogens is 286 g/mol. The molecule has 2 rings (SSSR count). The number of nitrogens with zero attached hydrogens (tertiary/aromatic N) is 1. The first-order valence-electron chi connectivity index (χ1n) is 7.02. The largest absolute Gasteiger partial charge is 0.346 e. The minimum absolute atomic E-state index is 0.0169. The lowest BCUT2D eigenvalue weighted by atomic mass is 10.0. The summed E-state index contributed by atoms with van der Waals surface area (Å²) in [4.78, 5) is 25.4. The Bertz CT molecular complexity index is 504. The second-order valence-corrected chi connectivity index (χ2v) is 6.22. The third kappa shape index (κ3) is 4.22. The molecule has 1 saturated heterocycles. The number of amides is 2. The van der Waals surface area contributed by atoms with Gasteiger partial charge in [0.25, 0.3) is 0 Å². The SMILES string of the molecule is Cc1ccc(C2CSCCN2C(=O)CNC(=O)CN)cc1. The van der Waals surface area contributed by atoms with Gasteiger partial charge in [-0.25, -0.2) is 0 Å². The molecule has 6 heteroatoms. The van der Waals surface area contributed by atoms with Crippen molar-refractivity contribution in [3.05, 3.63) is 35.4 Å². The third-order valence-corrected chi connectivity index (χ3v) is 4.56. The minimum Gasteiger partial charge on any atom is -0.346 e. The number of nitrogens with one attached hydrogen (secondary N) is 1. The van der Waals surface area contributed by atoms with Gasteiger partial charge in [0.1, 0.15) is 0 Å². The highest BCUT2D eigenvalue weighted by molar-refractivity contribution is 7.99. The molecule has 0 spiro atoms. The van der Waals surface area contributed by atoms with Crippen molar-refractivity contribution in [3.8, 4) is 0 Å². The lowest BCUT2D eigenvalue weighted by Gasteiger charge is -2.36. The van der Waals surface area contributed by atoms with Gasteiger partial charge in [-0.05, 0) is 12.5 Å². The van der Waals surface area contributed by atoms with Crippen LogP contribution in [-0.2, 0) is 9.59 Å². The Kier molecular flexibility index (Phi) is 5.64. The zero-order chi connectivity index (χ0) is 15.2. The minimum atomic E-state index is -0.304. The summed E-state index contributed by atoms with van der Waals surface area (Å²) in [7, 11) is 0. The summed E-state index contributed by atoms with van der Waals surface area (Å²) in [6.07, 6.45) is 0. The molecule has 0 aliphatic carbocycles. The van der Waals surface area contributed by atoms with Crippen molar-refractivity contribution in [2.24, 2.45) is 5.73 Å². The molecule has 1 heterocycles. The van der Waals surface area contributed by atoms with Gasteiger partial charge in [-0.15, -0.1) is 0 Å². The smallest absolute Gasteiger partial charge is 0.242 e. The molecule has 0 aromatic heterocycles. The molecule has 0 radical (unpaired) electrons. The highest BCUT2D eigenvalue weighted by atomic mass is 32.2. The first-order chi connectivity index (χ1) is 10.1. The van der Waals surface area contributed by atoms with Gasteiger partial charge in [0.15, 0.2) is 0 Å². The van der Waals surface area contributed by atoms with E-state index in [4.69, 9.17) is 5.73 Å². The van der Waals surface area contributed by atoms with Crippen molar-refractivity contribution in [2.75, 3.05) is 31.1 Å². The van der Waals surface area contributed by atoms with Gasteiger partial charge in [0, 0.05) is 18.1 Å². The molecule has 1 unspecified atom stereocenters. The molecule has 0 bridgehead atoms. The fourth-order valence-electron chi connectivity index (χ4n) is 2.31. The quantitative estimate of drug-likeness (QED) is 0.858. The van der Waals surface area contributed by atoms with E-state index in [1.165, 1.54) is 5.56 Å². The van der Waals surface area contributed by atoms with E-state index in [-0.39, 0.29) is 30.9 Å². The fourth-order valence-corrected chi connectivity index (χ4v) is 3.40. The Labute approximate surface area is 129 Å². The van der Waals surface area contributed by atoms with E-state index >= 15 is 0 Å². The fraction of sp³-hybridized carbons (Fsp3) is 0.467. The number of thioether (sulfide) groups is 1. The third-order valence-electron chi connectivity index (χ3n) is 3.53. The lowest BCUT2D eigenvalue weighted by Crippen LogP contribution is -2.46. The summed E-state index contributed by atoms with van der Waals surface area (Å²) in [6, 6.07) is 8.35. The molecule has 1 fully saturated rings. The van der Waals surface area contributed by atoms with E-state index < -0.39 is 0 Å². The number of hydrogen-bond acceptors (Lipinski definition) is 4. The summed E-state index contributed by atoms with van der Waals surface area (Å²) >= 11 is 1.85. The van der Waals surface area contributed by atoms with Crippen LogP contribution in [0, 0.1) is 6.92 Å². The summed E-state index contributed by atoms with van der Waals surface area (Å²) in [5.41, 5.74) is 7.58. The molecule has 1 aromatic carbocycles. The standard InChI is InChI=1S/C15H21N3O2S/c1-11-2-4-12(5-3-11)13-10-21-7-6-18(13)15(20)9-17-14(19)8-16/h2-5,13H,6-10,16H2,1H3,(H,17,19). The van der Waals surface area contributed by atoms with Crippen LogP contribution in [0.25, 0.3) is 0 Å². The topological polar surface area (TPSA) is 75.4 Å². The first-order valence-corrected chi connectivity index (χ1v) is 8.18. The number of hydrogen-bond donors (Lipinski definition) is 2. The first kappa shape index (κ1) is 15.9. The van der Waals surface area contributed by atoms with Crippen LogP contribution in [0.15, 0.2) is 24.3 Å². The average Bonchev–Trinajstić information content (AvgIpc) is 2.53. The second kappa shape index (κ2) is 7.47. The van der Waals surface area contributed by atoms with Gasteiger partial charge in [-0.2, -0.15) is 11.8 Å². The zero-order valence-corrected chi connectivity index (χ0v) is 13.0. The molecule has 5 nitrogen and oxygen atoms in total. The molecular formula is C15H21N3O2S. The second-order valence-electron chi connectivity index (χ2n) is 5.07. The van der Waals surface area contributed by atoms with E-state index in [0.717, 1.165) is 17.1 Å². The van der Waals surface area contributed by atoms with Crippen molar-refractivity contribution < 1.29 is 9.59 Å². The predicted octanol–water partition coefficient (Wildman–Crippen LogP) is 0.686. The van der Waals surface area contributed by atoms with Crippen LogP contribution in [0.2, 0.25) is 0 Å². The van der Waals surface area contributed by atoms with Crippen LogP contribution in [0.5, 0.6) is 0 Å². The highest BCUT2D eigenvalue weighted by Crippen LogP contribution is 2.29. The van der Waals surface area contributed by atoms with Crippen LogP contribution >= 0.6 is 11.8 Å². The molecule has 2 amide bonds. The van der Waals surface area contributed by atoms with Gasteiger partial charge in [-0.1, -0.05) is 29.8 Å². The highest BCUT2D eigenvalue weighted by Gasteiger charge is 2.28. The zero-order valence-electron chi connectivity index (χ0n) is 12.2. The average molecular weight is 307 g/mol. The number of nitrogens with two attached hydrogens (primary N) is 1. The van der Waals surface area contributed by atoms with Crippen LogP contribution < -0.4 is 11.1 Å². The molecule has 1 aromatic rings. The number of rotatable bonds is 4. The van der Waals surface area contributed by atoms with Crippen molar-refractivity contribution in [1.82, 2.24) is 10.2 Å². The summed E-state index contributed by atoms with van der Waals surface area (Å²) in [5, 5.41) is 2.55. The van der Waals surface area contributed by atoms with Gasteiger partial charge in [-0.3, -0.25) is 9.59 Å². The van der Waals surface area contributed by atoms with E-state index in [1.54, 1.807) is 0 Å². The number of aryl methyl sites for hydroxylation is 1. The Balaban J connectivity index is 2.06. The van der Waals surface area contributed by atoms with Crippen molar-refractivity contribution in [2.45, 2.75) is 13.0 Å². The summed E-state index contributed by atoms with van der Waals surface area (Å²) < 4.78 is 0. The van der Waals surface area contributed by atoms with Gasteiger partial charge < -0.3 is 16.0 Å². The van der Waals surface area contributed by atoms with E-state index in [9.17, 15) is 9.59 Å². The number of carbonyl (C=O) groups excluding carboxylic acids is 2. The van der Waals surface area contributed by atoms with Crippen molar-refractivity contribution >= 4 is 23.6 Å². The van der Waals surface area contributed by atoms with Gasteiger partial charge >= 0.3 is 0 Å². The lowest BCUT2D eigenvalue weighted by molar-refractivity contribution is -0.134. The molecule has 3 N–H and O–H groups in total. The summed E-state index contributed by atoms with van der Waals surface area (Å²) in [6.45, 7) is 2.68. The maximum absolute atomic E-state index is 12.3. The van der Waals surface area contributed by atoms with Crippen LogP contribution in [0.4, 0.5) is 0 Å². The molecule has 1 aliphatic heterocycles. The van der Waals surface area contributed by atoms with Crippen molar-refractivity contribution in [1.29, 1.82) is 0 Å². The maximum Gasteiger partial charge on any atom is 0.242 e. The number of carbonyl (C=O) groups is 2. The Morgan fingerprint density at radius 3 is 2.76 bits per heavy atom. The van der Waals surface area contributed by atoms with E-state index in [1.807, 2.05) is 23.6 Å². The normalized spacial score (nSPS) is 18.4. The maximum atomic E-state index is 12.3. The Morgan fingerprint density at radius 1 is 1.38 bits per heavy atom. The molecule has 21 heavy (non-hydrogen) atoms. The summed E-state index contributed by atoms with van der Waals surface area (Å²) in [5.74, 6) is 1.46.